The lowest BCUT2D eigenvalue weighted by atomic mass is 10.1. The molecule has 0 saturated carbocycles. The van der Waals surface area contributed by atoms with Crippen molar-refractivity contribution in [1.29, 1.82) is 0 Å². The average Bonchev–Trinajstić information content (AvgIpc) is 2.69. The van der Waals surface area contributed by atoms with Crippen LogP contribution in [-0.4, -0.2) is 23.7 Å². The molecule has 7 heteroatoms. The highest BCUT2D eigenvalue weighted by molar-refractivity contribution is 7.92. The minimum atomic E-state index is -3.70. The zero-order valence-electron chi connectivity index (χ0n) is 11.5. The third kappa shape index (κ3) is 2.83. The summed E-state index contributed by atoms with van der Waals surface area (Å²) in [7, 11) is -3.70. The molecule has 0 saturated heterocycles. The minimum absolute atomic E-state index is 0.153. The summed E-state index contributed by atoms with van der Waals surface area (Å²) in [6.45, 7) is 4.91. The second-order valence-corrected chi connectivity index (χ2v) is 6.29. The second-order valence-electron chi connectivity index (χ2n) is 4.67. The lowest BCUT2D eigenvalue weighted by Crippen LogP contribution is -2.14. The van der Waals surface area contributed by atoms with Crippen LogP contribution in [0.3, 0.4) is 0 Å². The van der Waals surface area contributed by atoms with Gasteiger partial charge >= 0.3 is 0 Å². The fraction of sp³-hybridized carbons (Fsp3) is 0.308. The highest BCUT2D eigenvalue weighted by Crippen LogP contribution is 2.23. The highest BCUT2D eigenvalue weighted by atomic mass is 32.2. The van der Waals surface area contributed by atoms with E-state index in [1.165, 1.54) is 0 Å². The summed E-state index contributed by atoms with van der Waals surface area (Å²) in [6, 6.07) is 6.66. The molecule has 0 amide bonds. The lowest BCUT2D eigenvalue weighted by molar-refractivity contribution is 0.199. The Bertz CT molecular complexity index is 701. The molecule has 2 rings (SSSR count). The number of aryl methyl sites for hydroxylation is 2. The van der Waals surface area contributed by atoms with Gasteiger partial charge in [-0.1, -0.05) is 12.1 Å². The number of nitrogens with zero attached hydrogens (tertiary/aromatic N) is 1. The molecule has 3 N–H and O–H groups in total. The topological polar surface area (TPSA) is 95.1 Å². The largest absolute Gasteiger partial charge is 0.389 e. The van der Waals surface area contributed by atoms with Crippen LogP contribution in [0, 0.1) is 13.8 Å². The molecule has 1 heterocycles. The number of benzene rings is 1. The van der Waals surface area contributed by atoms with Crippen LogP contribution in [0.15, 0.2) is 29.2 Å². The molecule has 1 aromatic heterocycles. The summed E-state index contributed by atoms with van der Waals surface area (Å²) in [5, 5.41) is 16.1. The van der Waals surface area contributed by atoms with Crippen molar-refractivity contribution in [2.75, 3.05) is 4.72 Å². The van der Waals surface area contributed by atoms with Gasteiger partial charge in [0.05, 0.1) is 17.5 Å². The van der Waals surface area contributed by atoms with Gasteiger partial charge in [-0.25, -0.2) is 8.42 Å². The van der Waals surface area contributed by atoms with E-state index in [4.69, 9.17) is 0 Å². The van der Waals surface area contributed by atoms with Gasteiger partial charge in [-0.2, -0.15) is 5.10 Å². The van der Waals surface area contributed by atoms with Crippen LogP contribution in [0.5, 0.6) is 0 Å². The smallest absolute Gasteiger partial charge is 0.265 e. The monoisotopic (exact) mass is 295 g/mol. The number of aliphatic hydroxyl groups is 1. The molecule has 0 radical (unpaired) electrons. The lowest BCUT2D eigenvalue weighted by Gasteiger charge is -2.10. The SMILES string of the molecule is Cc1n[nH]c(C)c1S(=O)(=O)Nc1cccc(C(C)O)c1. The highest BCUT2D eigenvalue weighted by Gasteiger charge is 2.22. The predicted molar refractivity (Wildman–Crippen MR) is 75.9 cm³/mol. The number of aromatic nitrogens is 2. The van der Waals surface area contributed by atoms with Crippen molar-refractivity contribution in [2.24, 2.45) is 0 Å². The van der Waals surface area contributed by atoms with Crippen LogP contribution in [0.2, 0.25) is 0 Å². The van der Waals surface area contributed by atoms with Crippen LogP contribution >= 0.6 is 0 Å². The number of nitrogens with one attached hydrogen (secondary N) is 2. The number of rotatable bonds is 4. The first kappa shape index (κ1) is 14.5. The van der Waals surface area contributed by atoms with E-state index in [9.17, 15) is 13.5 Å². The van der Waals surface area contributed by atoms with Crippen LogP contribution in [0.25, 0.3) is 0 Å². The second kappa shape index (κ2) is 5.26. The summed E-state index contributed by atoms with van der Waals surface area (Å²) < 4.78 is 27.2. The summed E-state index contributed by atoms with van der Waals surface area (Å²) >= 11 is 0. The normalized spacial score (nSPS) is 13.2. The Kier molecular flexibility index (Phi) is 3.82. The Morgan fingerprint density at radius 2 is 2.05 bits per heavy atom. The van der Waals surface area contributed by atoms with E-state index in [-0.39, 0.29) is 4.90 Å². The van der Waals surface area contributed by atoms with Crippen LogP contribution in [0.1, 0.15) is 30.0 Å². The van der Waals surface area contributed by atoms with Gasteiger partial charge in [-0.3, -0.25) is 9.82 Å². The van der Waals surface area contributed by atoms with Crippen molar-refractivity contribution >= 4 is 15.7 Å². The Labute approximate surface area is 117 Å². The Morgan fingerprint density at radius 1 is 1.35 bits per heavy atom. The van der Waals surface area contributed by atoms with E-state index < -0.39 is 16.1 Å². The fourth-order valence-electron chi connectivity index (χ4n) is 2.00. The molecule has 2 aromatic rings. The zero-order valence-corrected chi connectivity index (χ0v) is 12.3. The molecule has 1 atom stereocenters. The van der Waals surface area contributed by atoms with Crippen molar-refractivity contribution in [3.8, 4) is 0 Å². The third-order valence-corrected chi connectivity index (χ3v) is 4.59. The van der Waals surface area contributed by atoms with Crippen molar-refractivity contribution in [3.05, 3.63) is 41.2 Å². The van der Waals surface area contributed by atoms with Crippen molar-refractivity contribution < 1.29 is 13.5 Å². The standard InChI is InChI=1S/C13H17N3O3S/c1-8-13(9(2)15-14-8)20(18,19)16-12-6-4-5-11(7-12)10(3)17/h4-7,10,16-17H,1-3H3,(H,14,15). The number of H-pyrrole nitrogens is 1. The first-order chi connectivity index (χ1) is 9.31. The molecule has 0 spiro atoms. The molecule has 0 aliphatic heterocycles. The maximum Gasteiger partial charge on any atom is 0.265 e. The van der Waals surface area contributed by atoms with Gasteiger partial charge < -0.3 is 5.11 Å². The molecule has 0 aliphatic carbocycles. The molecule has 1 unspecified atom stereocenters. The summed E-state index contributed by atoms with van der Waals surface area (Å²) in [6.07, 6.45) is -0.656. The maximum absolute atomic E-state index is 12.4. The molecule has 0 fully saturated rings. The maximum atomic E-state index is 12.4. The van der Waals surface area contributed by atoms with E-state index in [0.717, 1.165) is 0 Å². The first-order valence-electron chi connectivity index (χ1n) is 6.13. The molecule has 1 aromatic carbocycles. The molecular formula is C13H17N3O3S. The number of hydrogen-bond donors (Lipinski definition) is 3. The number of hydrogen-bond acceptors (Lipinski definition) is 4. The predicted octanol–water partition coefficient (Wildman–Crippen LogP) is 1.88. The molecule has 20 heavy (non-hydrogen) atoms. The fourth-order valence-corrected chi connectivity index (χ4v) is 3.43. The van der Waals surface area contributed by atoms with Crippen LogP contribution in [-0.2, 0) is 10.0 Å². The van der Waals surface area contributed by atoms with E-state index in [0.29, 0.717) is 22.6 Å². The van der Waals surface area contributed by atoms with Crippen molar-refractivity contribution in [1.82, 2.24) is 10.2 Å². The van der Waals surface area contributed by atoms with Gasteiger partial charge in [0.1, 0.15) is 4.90 Å². The van der Waals surface area contributed by atoms with Crippen LogP contribution < -0.4 is 4.72 Å². The molecule has 0 aliphatic rings. The van der Waals surface area contributed by atoms with Gasteiger partial charge in [0.2, 0.25) is 0 Å². The van der Waals surface area contributed by atoms with E-state index in [1.54, 1.807) is 45.0 Å². The number of anilines is 1. The van der Waals surface area contributed by atoms with E-state index in [2.05, 4.69) is 14.9 Å². The quantitative estimate of drug-likeness (QED) is 0.802. The van der Waals surface area contributed by atoms with Crippen molar-refractivity contribution in [2.45, 2.75) is 31.8 Å². The van der Waals surface area contributed by atoms with Crippen LogP contribution in [0.4, 0.5) is 5.69 Å². The Balaban J connectivity index is 2.36. The van der Waals surface area contributed by atoms with E-state index >= 15 is 0 Å². The summed E-state index contributed by atoms with van der Waals surface area (Å²) in [5.41, 5.74) is 1.96. The summed E-state index contributed by atoms with van der Waals surface area (Å²) in [4.78, 5) is 0.153. The van der Waals surface area contributed by atoms with Gasteiger partial charge in [-0.15, -0.1) is 0 Å². The average molecular weight is 295 g/mol. The summed E-state index contributed by atoms with van der Waals surface area (Å²) in [5.74, 6) is 0. The van der Waals surface area contributed by atoms with Gasteiger partial charge in [0.25, 0.3) is 10.0 Å². The van der Waals surface area contributed by atoms with Gasteiger partial charge in [0.15, 0.2) is 0 Å². The van der Waals surface area contributed by atoms with Gasteiger partial charge in [-0.05, 0) is 38.5 Å². The van der Waals surface area contributed by atoms with E-state index in [1.807, 2.05) is 0 Å². The molecule has 0 bridgehead atoms. The molecule has 108 valence electrons. The Hall–Kier alpha value is -1.86. The molecular weight excluding hydrogens is 278 g/mol. The number of aliphatic hydroxyl groups excluding tert-OH is 1. The van der Waals surface area contributed by atoms with Crippen molar-refractivity contribution in [3.63, 3.8) is 0 Å². The minimum Gasteiger partial charge on any atom is -0.389 e. The number of aromatic amines is 1. The number of sulfonamides is 1. The first-order valence-corrected chi connectivity index (χ1v) is 7.62. The van der Waals surface area contributed by atoms with Gasteiger partial charge in [0, 0.05) is 5.69 Å². The Morgan fingerprint density at radius 3 is 2.60 bits per heavy atom. The molecule has 6 nitrogen and oxygen atoms in total. The zero-order chi connectivity index (χ0) is 14.9. The third-order valence-electron chi connectivity index (χ3n) is 2.95.